The maximum Gasteiger partial charge on any atom is 0.255 e. The van der Waals surface area contributed by atoms with Crippen LogP contribution in [0.15, 0.2) is 53.7 Å². The molecule has 3 aromatic heterocycles. The van der Waals surface area contributed by atoms with Gasteiger partial charge in [0.25, 0.3) is 11.8 Å². The molecule has 1 fully saturated rings. The zero-order valence-corrected chi connectivity index (χ0v) is 23.6. The number of pyridine rings is 3. The topological polar surface area (TPSA) is 124 Å². The van der Waals surface area contributed by atoms with Crippen molar-refractivity contribution in [3.05, 3.63) is 77.0 Å². The highest BCUT2D eigenvalue weighted by Gasteiger charge is 2.58. The van der Waals surface area contributed by atoms with Crippen molar-refractivity contribution in [2.24, 2.45) is 0 Å². The molecule has 3 aliphatic rings. The van der Waals surface area contributed by atoms with Gasteiger partial charge in [-0.25, -0.2) is 35.9 Å². The third kappa shape index (κ3) is 4.99. The Balaban J connectivity index is 1.11. The Morgan fingerprint density at radius 1 is 1.14 bits per heavy atom. The summed E-state index contributed by atoms with van der Waals surface area (Å²) in [7, 11) is -4.55. The van der Waals surface area contributed by atoms with Gasteiger partial charge in [0.05, 0.1) is 48.3 Å². The molecule has 1 N–H and O–H groups in total. The number of carbonyl (C=O) groups excluding carboxylic acids is 1. The van der Waals surface area contributed by atoms with E-state index < -0.39 is 57.0 Å². The normalized spacial score (nSPS) is 21.5. The third-order valence-electron chi connectivity index (χ3n) is 7.79. The minimum absolute atomic E-state index is 0.0997. The minimum atomic E-state index is -4.55. The summed E-state index contributed by atoms with van der Waals surface area (Å²) in [5.74, 6) is -3.97. The highest BCUT2D eigenvalue weighted by molar-refractivity contribution is 7.92. The Labute approximate surface area is 248 Å². The summed E-state index contributed by atoms with van der Waals surface area (Å²) < 4.78 is 91.8. The van der Waals surface area contributed by atoms with Crippen LogP contribution in [0.2, 0.25) is 0 Å². The number of ether oxygens (including phenoxy) is 2. The number of carbonyl (C=O) groups is 1. The lowest BCUT2D eigenvalue weighted by atomic mass is 10.1. The van der Waals surface area contributed by atoms with Crippen LogP contribution in [0.5, 0.6) is 5.75 Å². The first-order valence-corrected chi connectivity index (χ1v) is 15.2. The van der Waals surface area contributed by atoms with Gasteiger partial charge in [0.15, 0.2) is 11.6 Å². The lowest BCUT2D eigenvalue weighted by molar-refractivity contribution is 0.0938. The molecule has 0 spiro atoms. The second-order valence-electron chi connectivity index (χ2n) is 10.7. The average molecular weight is 630 g/mol. The number of halogens is 4. The van der Waals surface area contributed by atoms with E-state index in [0.717, 1.165) is 12.1 Å². The average Bonchev–Trinajstić information content (AvgIpc) is 3.68. The number of hydrogen-bond acceptors (Lipinski definition) is 9. The Hall–Kier alpha value is -4.37. The Bertz CT molecular complexity index is 1940. The van der Waals surface area contributed by atoms with Crippen molar-refractivity contribution in [2.75, 3.05) is 24.7 Å². The number of hydrogen-bond donors (Lipinski definition) is 1. The van der Waals surface area contributed by atoms with Crippen molar-refractivity contribution >= 4 is 38.3 Å². The van der Waals surface area contributed by atoms with Gasteiger partial charge in [-0.2, -0.15) is 0 Å². The summed E-state index contributed by atoms with van der Waals surface area (Å²) in [4.78, 5) is 27.5. The van der Waals surface area contributed by atoms with Crippen molar-refractivity contribution in [1.29, 1.82) is 0 Å². The predicted octanol–water partition coefficient (Wildman–Crippen LogP) is 4.35. The first kappa shape index (κ1) is 28.4. The monoisotopic (exact) mass is 629 g/mol. The van der Waals surface area contributed by atoms with E-state index in [0.29, 0.717) is 52.7 Å². The summed E-state index contributed by atoms with van der Waals surface area (Å²) >= 11 is 0. The molecule has 0 saturated heterocycles. The number of anilines is 2. The number of nitrogens with one attached hydrogen (secondary N) is 1. The predicted molar refractivity (Wildman–Crippen MR) is 148 cm³/mol. The first-order chi connectivity index (χ1) is 21.0. The molecule has 10 nitrogen and oxygen atoms in total. The summed E-state index contributed by atoms with van der Waals surface area (Å²) in [5.41, 5.74) is -1.63. The van der Waals surface area contributed by atoms with Crippen LogP contribution in [0.3, 0.4) is 0 Å². The highest BCUT2D eigenvalue weighted by Crippen LogP contribution is 2.56. The van der Waals surface area contributed by atoms with Crippen molar-refractivity contribution in [3.8, 4) is 5.75 Å². The summed E-state index contributed by atoms with van der Waals surface area (Å²) in [6, 6.07) is 8.65. The van der Waals surface area contributed by atoms with Crippen LogP contribution in [0.4, 0.5) is 29.2 Å². The second-order valence-corrected chi connectivity index (χ2v) is 12.8. The molecule has 1 saturated carbocycles. The van der Waals surface area contributed by atoms with Gasteiger partial charge in [-0.05, 0) is 42.0 Å². The quantitative estimate of drug-likeness (QED) is 0.321. The third-order valence-corrected chi connectivity index (χ3v) is 9.57. The largest absolute Gasteiger partial charge is 0.488 e. The van der Waals surface area contributed by atoms with Crippen LogP contribution < -0.4 is 15.0 Å². The summed E-state index contributed by atoms with van der Waals surface area (Å²) in [6.45, 7) is -0.550. The van der Waals surface area contributed by atoms with Crippen molar-refractivity contribution in [3.63, 3.8) is 0 Å². The lowest BCUT2D eigenvalue weighted by Gasteiger charge is -2.29. The molecular formula is C29H23F4N5O5S. The molecule has 15 heteroatoms. The van der Waals surface area contributed by atoms with Crippen LogP contribution in [0, 0.1) is 5.82 Å². The second kappa shape index (κ2) is 10.4. The molecule has 1 aromatic carbocycles. The van der Waals surface area contributed by atoms with Crippen LogP contribution in [-0.2, 0) is 27.7 Å². The van der Waals surface area contributed by atoms with Gasteiger partial charge in [-0.3, -0.25) is 9.78 Å². The van der Waals surface area contributed by atoms with Gasteiger partial charge in [-0.1, -0.05) is 0 Å². The Kier molecular flexibility index (Phi) is 6.69. The maximum atomic E-state index is 14.7. The summed E-state index contributed by atoms with van der Waals surface area (Å²) in [6.07, 6.45) is 2.80. The number of sulfone groups is 1. The maximum absolute atomic E-state index is 14.7. The fourth-order valence-corrected chi connectivity index (χ4v) is 6.63. The van der Waals surface area contributed by atoms with E-state index in [1.807, 2.05) is 11.0 Å². The Morgan fingerprint density at radius 2 is 1.95 bits per heavy atom. The number of amides is 1. The zero-order valence-electron chi connectivity index (χ0n) is 22.8. The number of aromatic nitrogens is 3. The van der Waals surface area contributed by atoms with Crippen LogP contribution in [-0.4, -0.2) is 60.5 Å². The van der Waals surface area contributed by atoms with Crippen LogP contribution in [0.1, 0.15) is 39.5 Å². The standard InChI is InChI=1S/C29H23F4N5O5S/c30-21-5-16(7-24-19(21)13-42-14-25(31)44(24,40)41)28(39)36-12-18-8-22-15(10-34-18)1-2-26(37-22)38-3-4-43-23-6-17(11-35-27(23)38)20-9-29(20,32)33/h1-2,5-8,10-11,20,25H,3-4,9,12-14H2,(H,36,39)/t20-,25+/m0/s1. The Morgan fingerprint density at radius 3 is 2.75 bits per heavy atom. The molecule has 0 bridgehead atoms. The van der Waals surface area contributed by atoms with Gasteiger partial charge in [0.2, 0.25) is 15.3 Å². The molecule has 1 aliphatic carbocycles. The fraction of sp³-hybridized carbons (Fsp3) is 0.310. The molecule has 0 unspecified atom stereocenters. The summed E-state index contributed by atoms with van der Waals surface area (Å²) in [5, 5.41) is 3.28. The van der Waals surface area contributed by atoms with Crippen molar-refractivity contribution in [1.82, 2.24) is 20.3 Å². The number of rotatable bonds is 5. The van der Waals surface area contributed by atoms with Gasteiger partial charge in [0.1, 0.15) is 18.2 Å². The van der Waals surface area contributed by atoms with Crippen LogP contribution >= 0.6 is 0 Å². The molecule has 5 heterocycles. The van der Waals surface area contributed by atoms with Gasteiger partial charge in [-0.15, -0.1) is 0 Å². The van der Waals surface area contributed by atoms with E-state index in [4.69, 9.17) is 14.5 Å². The zero-order chi connectivity index (χ0) is 30.8. The molecule has 44 heavy (non-hydrogen) atoms. The fourth-order valence-electron chi connectivity index (χ4n) is 5.29. The molecule has 228 valence electrons. The van der Waals surface area contributed by atoms with E-state index in [9.17, 15) is 30.8 Å². The van der Waals surface area contributed by atoms with Crippen molar-refractivity contribution in [2.45, 2.75) is 41.8 Å². The smallest absolute Gasteiger partial charge is 0.255 e. The van der Waals surface area contributed by atoms with E-state index >= 15 is 0 Å². The van der Waals surface area contributed by atoms with E-state index in [1.54, 1.807) is 24.4 Å². The van der Waals surface area contributed by atoms with Gasteiger partial charge >= 0.3 is 0 Å². The number of alkyl halides is 3. The van der Waals surface area contributed by atoms with E-state index in [2.05, 4.69) is 15.3 Å². The number of benzene rings is 1. The van der Waals surface area contributed by atoms with Crippen LogP contribution in [0.25, 0.3) is 10.9 Å². The molecule has 0 radical (unpaired) electrons. The molecule has 2 aliphatic heterocycles. The molecular weight excluding hydrogens is 606 g/mol. The molecule has 1 amide bonds. The highest BCUT2D eigenvalue weighted by atomic mass is 32.2. The van der Waals surface area contributed by atoms with Crippen molar-refractivity contribution < 1.29 is 40.2 Å². The SMILES string of the molecule is O=C(NCc1cc2nc(N3CCOc4cc([C@@H]5CC5(F)F)cnc43)ccc2cn1)c1cc(F)c2c(c1)S(=O)(=O)[C@@H](F)COC2. The van der Waals surface area contributed by atoms with Gasteiger partial charge in [0, 0.05) is 35.3 Å². The number of nitrogens with zero attached hydrogens (tertiary/aromatic N) is 4. The first-order valence-electron chi connectivity index (χ1n) is 13.6. The van der Waals surface area contributed by atoms with E-state index in [1.165, 1.54) is 6.20 Å². The molecule has 4 aromatic rings. The molecule has 7 rings (SSSR count). The minimum Gasteiger partial charge on any atom is -0.488 e. The van der Waals surface area contributed by atoms with E-state index in [-0.39, 0.29) is 24.1 Å². The number of fused-ring (bicyclic) bond motifs is 3. The van der Waals surface area contributed by atoms with Gasteiger partial charge < -0.3 is 19.7 Å². The lowest BCUT2D eigenvalue weighted by Crippen LogP contribution is -2.30. The molecule has 2 atom stereocenters.